The Balaban J connectivity index is 4.10. The lowest BCUT2D eigenvalue weighted by molar-refractivity contribution is 0.380. The lowest BCUT2D eigenvalue weighted by Crippen LogP contribution is -2.10. The van der Waals surface area contributed by atoms with Crippen molar-refractivity contribution in [3.05, 3.63) is 6.42 Å². The van der Waals surface area contributed by atoms with Crippen LogP contribution >= 0.6 is 0 Å². The number of unbranched alkanes of at least 4 members (excludes halogenated alkanes) is 10. The summed E-state index contributed by atoms with van der Waals surface area (Å²) in [6.07, 6.45) is 27.0. The number of hydrogen-bond acceptors (Lipinski definition) is 0. The van der Waals surface area contributed by atoms with Crippen LogP contribution in [0.2, 0.25) is 0 Å². The second-order valence-electron chi connectivity index (χ2n) is 8.02. The van der Waals surface area contributed by atoms with Gasteiger partial charge in [-0.15, -0.1) is 0 Å². The summed E-state index contributed by atoms with van der Waals surface area (Å²) in [5, 5.41) is 0. The molecule has 0 nitrogen and oxygen atoms in total. The molecule has 0 saturated carbocycles. The van der Waals surface area contributed by atoms with Gasteiger partial charge in [-0.25, -0.2) is 0 Å². The van der Waals surface area contributed by atoms with Crippen molar-refractivity contribution in [3.63, 3.8) is 0 Å². The van der Waals surface area contributed by atoms with Crippen LogP contribution in [0.15, 0.2) is 0 Å². The predicted molar refractivity (Wildman–Crippen MR) is 112 cm³/mol. The predicted octanol–water partition coefficient (Wildman–Crippen LogP) is 9.13. The second-order valence-corrected chi connectivity index (χ2v) is 8.02. The second kappa shape index (κ2) is 19.3. The third kappa shape index (κ3) is 15.5. The van der Waals surface area contributed by atoms with E-state index in [1.807, 2.05) is 0 Å². The highest BCUT2D eigenvalue weighted by Crippen LogP contribution is 2.28. The van der Waals surface area contributed by atoms with Crippen LogP contribution in [0.1, 0.15) is 137 Å². The molecule has 1 radical (unpaired) electrons. The molecule has 0 aliphatic rings. The summed E-state index contributed by atoms with van der Waals surface area (Å²) < 4.78 is 0. The average molecular weight is 338 g/mol. The van der Waals surface area contributed by atoms with Gasteiger partial charge in [0.2, 0.25) is 0 Å². The van der Waals surface area contributed by atoms with Crippen LogP contribution in [0.25, 0.3) is 0 Å². The van der Waals surface area contributed by atoms with E-state index in [0.29, 0.717) is 0 Å². The minimum atomic E-state index is 0.883. The Hall–Kier alpha value is 0. The molecule has 0 saturated heterocycles. The van der Waals surface area contributed by atoms with Crippen molar-refractivity contribution in [3.8, 4) is 0 Å². The molecular formula is C24H49. The number of rotatable bonds is 19. The first kappa shape index (κ1) is 24.0. The van der Waals surface area contributed by atoms with Gasteiger partial charge in [0.15, 0.2) is 0 Å². The summed E-state index contributed by atoms with van der Waals surface area (Å²) in [7, 11) is 0. The zero-order chi connectivity index (χ0) is 17.9. The molecule has 0 aliphatic heterocycles. The van der Waals surface area contributed by atoms with E-state index in [0.717, 1.165) is 11.8 Å². The highest BCUT2D eigenvalue weighted by molar-refractivity contribution is 4.83. The lowest BCUT2D eigenvalue weighted by atomic mass is 9.83. The van der Waals surface area contributed by atoms with Crippen LogP contribution in [0.3, 0.4) is 0 Å². The zero-order valence-corrected chi connectivity index (χ0v) is 17.8. The largest absolute Gasteiger partial charge is 0.0654 e. The van der Waals surface area contributed by atoms with Crippen molar-refractivity contribution in [2.75, 3.05) is 0 Å². The van der Waals surface area contributed by atoms with Gasteiger partial charge in [-0.3, -0.25) is 0 Å². The Kier molecular flexibility index (Phi) is 19.3. The maximum absolute atomic E-state index is 2.79. The summed E-state index contributed by atoms with van der Waals surface area (Å²) in [5.41, 5.74) is 0. The average Bonchev–Trinajstić information content (AvgIpc) is 2.60. The van der Waals surface area contributed by atoms with E-state index in [2.05, 4.69) is 34.1 Å². The summed E-state index contributed by atoms with van der Waals surface area (Å²) in [6, 6.07) is 0. The van der Waals surface area contributed by atoms with Crippen molar-refractivity contribution in [1.82, 2.24) is 0 Å². The van der Waals surface area contributed by atoms with Crippen LogP contribution in [-0.4, -0.2) is 0 Å². The first-order chi connectivity index (χ1) is 11.8. The molecule has 24 heavy (non-hydrogen) atoms. The molecule has 0 spiro atoms. The monoisotopic (exact) mass is 337 g/mol. The smallest absolute Gasteiger partial charge is 0.0324 e. The van der Waals surface area contributed by atoms with E-state index >= 15 is 0 Å². The van der Waals surface area contributed by atoms with E-state index < -0.39 is 0 Å². The molecule has 2 atom stereocenters. The highest BCUT2D eigenvalue weighted by atomic mass is 14.2. The fourth-order valence-corrected chi connectivity index (χ4v) is 3.83. The quantitative estimate of drug-likeness (QED) is 0.206. The SMILES string of the molecule is CCCCCCCC([CH]C(CC)CCCCCC)CCCCCC. The Morgan fingerprint density at radius 1 is 0.458 bits per heavy atom. The van der Waals surface area contributed by atoms with Crippen molar-refractivity contribution in [2.24, 2.45) is 11.8 Å². The highest BCUT2D eigenvalue weighted by Gasteiger charge is 2.15. The lowest BCUT2D eigenvalue weighted by Gasteiger charge is -2.23. The van der Waals surface area contributed by atoms with Gasteiger partial charge in [0.25, 0.3) is 0 Å². The molecule has 0 aromatic carbocycles. The van der Waals surface area contributed by atoms with Crippen LogP contribution in [0, 0.1) is 18.3 Å². The van der Waals surface area contributed by atoms with E-state index in [1.54, 1.807) is 0 Å². The van der Waals surface area contributed by atoms with Gasteiger partial charge in [-0.1, -0.05) is 137 Å². The third-order valence-electron chi connectivity index (χ3n) is 5.60. The molecule has 0 aromatic rings. The van der Waals surface area contributed by atoms with Crippen molar-refractivity contribution in [2.45, 2.75) is 137 Å². The van der Waals surface area contributed by atoms with Crippen LogP contribution in [-0.2, 0) is 0 Å². The van der Waals surface area contributed by atoms with Crippen molar-refractivity contribution < 1.29 is 0 Å². The maximum atomic E-state index is 2.79. The summed E-state index contributed by atoms with van der Waals surface area (Å²) >= 11 is 0. The minimum Gasteiger partial charge on any atom is -0.0654 e. The Bertz CT molecular complexity index is 220. The molecule has 145 valence electrons. The van der Waals surface area contributed by atoms with E-state index in [-0.39, 0.29) is 0 Å². The van der Waals surface area contributed by atoms with Crippen LogP contribution in [0.5, 0.6) is 0 Å². The van der Waals surface area contributed by atoms with Gasteiger partial charge in [0.1, 0.15) is 0 Å². The van der Waals surface area contributed by atoms with E-state index in [1.165, 1.54) is 109 Å². The first-order valence-corrected chi connectivity index (χ1v) is 11.6. The standard InChI is InChI=1S/C24H49/c1-5-9-12-15-18-21-24(20-17-14-11-7-3)22-23(8-4)19-16-13-10-6-2/h22-24H,5-21H2,1-4H3. The summed E-state index contributed by atoms with van der Waals surface area (Å²) in [4.78, 5) is 0. The molecule has 0 rings (SSSR count). The minimum absolute atomic E-state index is 0.883. The van der Waals surface area contributed by atoms with Gasteiger partial charge in [-0.2, -0.15) is 0 Å². The molecule has 0 aromatic heterocycles. The first-order valence-electron chi connectivity index (χ1n) is 11.6. The maximum Gasteiger partial charge on any atom is -0.0324 e. The number of hydrogen-bond donors (Lipinski definition) is 0. The van der Waals surface area contributed by atoms with Gasteiger partial charge >= 0.3 is 0 Å². The summed E-state index contributed by atoms with van der Waals surface area (Å²) in [6.45, 7) is 9.35. The Labute approximate surface area is 155 Å². The zero-order valence-electron chi connectivity index (χ0n) is 17.8. The Morgan fingerprint density at radius 3 is 1.25 bits per heavy atom. The van der Waals surface area contributed by atoms with Gasteiger partial charge in [0, 0.05) is 0 Å². The molecule has 0 aliphatic carbocycles. The third-order valence-corrected chi connectivity index (χ3v) is 5.60. The summed E-state index contributed by atoms with van der Waals surface area (Å²) in [5.74, 6) is 1.79. The molecule has 0 bridgehead atoms. The van der Waals surface area contributed by atoms with Crippen molar-refractivity contribution in [1.29, 1.82) is 0 Å². The van der Waals surface area contributed by atoms with E-state index in [4.69, 9.17) is 0 Å². The molecule has 0 N–H and O–H groups in total. The van der Waals surface area contributed by atoms with Crippen LogP contribution in [0.4, 0.5) is 0 Å². The van der Waals surface area contributed by atoms with Crippen molar-refractivity contribution >= 4 is 0 Å². The fraction of sp³-hybridized carbons (Fsp3) is 0.958. The topological polar surface area (TPSA) is 0 Å². The normalized spacial score (nSPS) is 14.0. The Morgan fingerprint density at radius 2 is 0.833 bits per heavy atom. The van der Waals surface area contributed by atoms with Crippen LogP contribution < -0.4 is 0 Å². The molecular weight excluding hydrogens is 288 g/mol. The molecule has 0 amide bonds. The fourth-order valence-electron chi connectivity index (χ4n) is 3.83. The van der Waals surface area contributed by atoms with Gasteiger partial charge < -0.3 is 0 Å². The molecule has 2 unspecified atom stereocenters. The molecule has 0 heterocycles. The van der Waals surface area contributed by atoms with Gasteiger partial charge in [-0.05, 0) is 18.3 Å². The molecule has 0 fully saturated rings. The van der Waals surface area contributed by atoms with E-state index in [9.17, 15) is 0 Å². The molecule has 0 heteroatoms. The van der Waals surface area contributed by atoms with Gasteiger partial charge in [0.05, 0.1) is 0 Å².